The van der Waals surface area contributed by atoms with Gasteiger partial charge < -0.3 is 4.42 Å². The van der Waals surface area contributed by atoms with Crippen LogP contribution >= 0.6 is 12.2 Å². The van der Waals surface area contributed by atoms with Crippen molar-refractivity contribution in [3.8, 4) is 0 Å². The number of rotatable bonds is 3. The largest absolute Gasteiger partial charge is 0.414 e. The molecule has 1 atom stereocenters. The van der Waals surface area contributed by atoms with Crippen molar-refractivity contribution in [1.82, 2.24) is 10.2 Å². The van der Waals surface area contributed by atoms with Crippen molar-refractivity contribution >= 4 is 12.2 Å². The molecule has 2 aromatic rings. The minimum Gasteiger partial charge on any atom is -0.414 e. The summed E-state index contributed by atoms with van der Waals surface area (Å²) in [6.07, 6.45) is 0.470. The zero-order valence-electron chi connectivity index (χ0n) is 9.04. The van der Waals surface area contributed by atoms with E-state index in [1.165, 1.54) is 6.07 Å². The first-order valence-electron chi connectivity index (χ1n) is 5.05. The molecule has 6 heteroatoms. The van der Waals surface area contributed by atoms with Crippen molar-refractivity contribution in [2.75, 3.05) is 0 Å². The highest BCUT2D eigenvalue weighted by atomic mass is 32.1. The predicted molar refractivity (Wildman–Crippen MR) is 60.2 cm³/mol. The van der Waals surface area contributed by atoms with Crippen LogP contribution in [0.1, 0.15) is 24.3 Å². The summed E-state index contributed by atoms with van der Waals surface area (Å²) in [4.78, 5) is 0.206. The third-order valence-electron chi connectivity index (χ3n) is 2.48. The lowest BCUT2D eigenvalue weighted by Gasteiger charge is -2.09. The van der Waals surface area contributed by atoms with E-state index in [4.69, 9.17) is 16.6 Å². The van der Waals surface area contributed by atoms with Crippen LogP contribution in [0, 0.1) is 16.5 Å². The molecular weight excluding hydrogens is 246 g/mol. The summed E-state index contributed by atoms with van der Waals surface area (Å²) in [5.41, 5.74) is 0.688. The van der Waals surface area contributed by atoms with Crippen molar-refractivity contribution < 1.29 is 13.2 Å². The molecule has 0 amide bonds. The maximum Gasteiger partial charge on any atom is 0.284 e. The van der Waals surface area contributed by atoms with Gasteiger partial charge in [-0.3, -0.25) is 0 Å². The van der Waals surface area contributed by atoms with Gasteiger partial charge in [0, 0.05) is 6.42 Å². The maximum absolute atomic E-state index is 13.0. The van der Waals surface area contributed by atoms with E-state index in [-0.39, 0.29) is 10.8 Å². The van der Waals surface area contributed by atoms with Crippen LogP contribution in [0.4, 0.5) is 8.78 Å². The van der Waals surface area contributed by atoms with Crippen LogP contribution in [-0.4, -0.2) is 10.2 Å². The third kappa shape index (κ3) is 2.76. The highest BCUT2D eigenvalue weighted by molar-refractivity contribution is 7.71. The van der Waals surface area contributed by atoms with Gasteiger partial charge in [-0.1, -0.05) is 13.0 Å². The Kier molecular flexibility index (Phi) is 3.33. The highest BCUT2D eigenvalue weighted by Gasteiger charge is 2.12. The predicted octanol–water partition coefficient (Wildman–Crippen LogP) is 3.36. The number of hydrogen-bond acceptors (Lipinski definition) is 3. The van der Waals surface area contributed by atoms with Crippen LogP contribution in [0.25, 0.3) is 0 Å². The molecule has 1 unspecified atom stereocenters. The van der Waals surface area contributed by atoms with Gasteiger partial charge in [0.25, 0.3) is 4.84 Å². The summed E-state index contributed by atoms with van der Waals surface area (Å²) in [7, 11) is 0. The molecule has 1 aromatic heterocycles. The second-order valence-corrected chi connectivity index (χ2v) is 4.16. The fraction of sp³-hybridized carbons (Fsp3) is 0.273. The number of hydrogen-bond donors (Lipinski definition) is 1. The zero-order valence-corrected chi connectivity index (χ0v) is 9.85. The van der Waals surface area contributed by atoms with E-state index in [1.54, 1.807) is 6.07 Å². The summed E-state index contributed by atoms with van der Waals surface area (Å²) >= 11 is 4.75. The van der Waals surface area contributed by atoms with Crippen molar-refractivity contribution in [2.45, 2.75) is 19.3 Å². The van der Waals surface area contributed by atoms with Crippen molar-refractivity contribution in [2.24, 2.45) is 0 Å². The van der Waals surface area contributed by atoms with E-state index >= 15 is 0 Å². The first-order chi connectivity index (χ1) is 8.06. The Hall–Kier alpha value is -1.56. The molecule has 0 aliphatic heterocycles. The van der Waals surface area contributed by atoms with Crippen LogP contribution in [0.2, 0.25) is 0 Å². The Morgan fingerprint density at radius 2 is 2.18 bits per heavy atom. The highest BCUT2D eigenvalue weighted by Crippen LogP contribution is 2.21. The van der Waals surface area contributed by atoms with Crippen molar-refractivity contribution in [3.05, 3.63) is 46.1 Å². The Balaban J connectivity index is 2.16. The minimum atomic E-state index is -0.850. The lowest BCUT2D eigenvalue weighted by molar-refractivity contribution is 0.464. The molecule has 0 fully saturated rings. The fourth-order valence-electron chi connectivity index (χ4n) is 1.55. The second kappa shape index (κ2) is 4.75. The molecule has 1 heterocycles. The van der Waals surface area contributed by atoms with Crippen LogP contribution in [0.5, 0.6) is 0 Å². The monoisotopic (exact) mass is 256 g/mol. The zero-order chi connectivity index (χ0) is 12.4. The van der Waals surface area contributed by atoms with Gasteiger partial charge >= 0.3 is 0 Å². The SMILES string of the molecule is CC(Cc1n[nH]c(=S)o1)c1ccc(F)c(F)c1. The molecule has 2 rings (SSSR count). The van der Waals surface area contributed by atoms with Gasteiger partial charge in [0.2, 0.25) is 5.89 Å². The molecule has 0 aliphatic carbocycles. The summed E-state index contributed by atoms with van der Waals surface area (Å²) < 4.78 is 30.9. The van der Waals surface area contributed by atoms with Gasteiger partial charge in [0.15, 0.2) is 11.6 Å². The number of nitrogens with one attached hydrogen (secondary N) is 1. The molecule has 17 heavy (non-hydrogen) atoms. The molecule has 0 saturated carbocycles. The van der Waals surface area contributed by atoms with E-state index in [2.05, 4.69) is 10.2 Å². The van der Waals surface area contributed by atoms with Gasteiger partial charge in [-0.25, -0.2) is 13.9 Å². The van der Waals surface area contributed by atoms with Crippen LogP contribution in [-0.2, 0) is 6.42 Å². The maximum atomic E-state index is 13.0. The molecule has 0 radical (unpaired) electrons. The van der Waals surface area contributed by atoms with E-state index in [0.717, 1.165) is 6.07 Å². The molecule has 0 spiro atoms. The van der Waals surface area contributed by atoms with E-state index in [1.807, 2.05) is 6.92 Å². The lowest BCUT2D eigenvalue weighted by Crippen LogP contribution is -2.00. The Bertz CT molecular complexity index is 579. The number of halogens is 2. The van der Waals surface area contributed by atoms with Gasteiger partial charge in [-0.15, -0.1) is 5.10 Å². The number of H-pyrrole nitrogens is 1. The molecule has 0 saturated heterocycles. The molecule has 0 aliphatic rings. The quantitative estimate of drug-likeness (QED) is 0.856. The summed E-state index contributed by atoms with van der Waals surface area (Å²) in [5, 5.41) is 6.37. The van der Waals surface area contributed by atoms with Gasteiger partial charge in [0.05, 0.1) is 0 Å². The van der Waals surface area contributed by atoms with E-state index < -0.39 is 11.6 Å². The van der Waals surface area contributed by atoms with E-state index in [9.17, 15) is 8.78 Å². The average molecular weight is 256 g/mol. The van der Waals surface area contributed by atoms with Gasteiger partial charge in [-0.05, 0) is 35.8 Å². The van der Waals surface area contributed by atoms with Crippen molar-refractivity contribution in [1.29, 1.82) is 0 Å². The summed E-state index contributed by atoms with van der Waals surface area (Å²) in [6, 6.07) is 3.84. The van der Waals surface area contributed by atoms with E-state index in [0.29, 0.717) is 17.9 Å². The normalized spacial score (nSPS) is 12.6. The molecular formula is C11H10F2N2OS. The number of benzene rings is 1. The molecule has 90 valence electrons. The first-order valence-corrected chi connectivity index (χ1v) is 5.46. The lowest BCUT2D eigenvalue weighted by atomic mass is 9.98. The Morgan fingerprint density at radius 1 is 1.41 bits per heavy atom. The molecule has 1 aromatic carbocycles. The van der Waals surface area contributed by atoms with Crippen molar-refractivity contribution in [3.63, 3.8) is 0 Å². The average Bonchev–Trinajstić information content (AvgIpc) is 2.68. The number of aromatic amines is 1. The summed E-state index contributed by atoms with van der Waals surface area (Å²) in [6.45, 7) is 1.87. The summed E-state index contributed by atoms with van der Waals surface area (Å²) in [5.74, 6) is -1.28. The smallest absolute Gasteiger partial charge is 0.284 e. The minimum absolute atomic E-state index is 0.0356. The fourth-order valence-corrected chi connectivity index (χ4v) is 1.69. The van der Waals surface area contributed by atoms with Crippen LogP contribution in [0.15, 0.2) is 22.6 Å². The number of aromatic nitrogens is 2. The Labute approximate surface area is 101 Å². The van der Waals surface area contributed by atoms with Gasteiger partial charge in [-0.2, -0.15) is 0 Å². The number of nitrogens with zero attached hydrogens (tertiary/aromatic N) is 1. The van der Waals surface area contributed by atoms with Crippen LogP contribution in [0.3, 0.4) is 0 Å². The standard InChI is InChI=1S/C11H10F2N2OS/c1-6(4-10-14-15-11(17)16-10)7-2-3-8(12)9(13)5-7/h2-3,5-6H,4H2,1H3,(H,15,17). The third-order valence-corrected chi connectivity index (χ3v) is 2.65. The first kappa shape index (κ1) is 11.9. The second-order valence-electron chi connectivity index (χ2n) is 3.79. The molecule has 3 nitrogen and oxygen atoms in total. The molecule has 0 bridgehead atoms. The Morgan fingerprint density at radius 3 is 2.76 bits per heavy atom. The topological polar surface area (TPSA) is 41.8 Å². The van der Waals surface area contributed by atoms with Crippen LogP contribution < -0.4 is 0 Å². The van der Waals surface area contributed by atoms with Gasteiger partial charge in [0.1, 0.15) is 0 Å². The molecule has 1 N–H and O–H groups in total.